The molecular weight excluding hydrogens is 375 g/mol. The van der Waals surface area contributed by atoms with Crippen molar-refractivity contribution < 1.29 is 4.39 Å². The van der Waals surface area contributed by atoms with E-state index >= 15 is 0 Å². The van der Waals surface area contributed by atoms with E-state index in [1.807, 2.05) is 6.92 Å². The summed E-state index contributed by atoms with van der Waals surface area (Å²) in [6.07, 6.45) is 11.1. The van der Waals surface area contributed by atoms with Crippen molar-refractivity contribution in [3.05, 3.63) is 52.0 Å². The minimum absolute atomic E-state index is 0.617. The van der Waals surface area contributed by atoms with Crippen LogP contribution in [0.3, 0.4) is 0 Å². The SMILES string of the molecule is CCCCCCCCn1c(Cc2cc3c(cc2C)CCC3)nc2c(C)nc(F)nc21. The third kappa shape index (κ3) is 4.40. The van der Waals surface area contributed by atoms with E-state index in [1.165, 1.54) is 73.6 Å². The predicted molar refractivity (Wildman–Crippen MR) is 119 cm³/mol. The van der Waals surface area contributed by atoms with E-state index < -0.39 is 6.08 Å². The zero-order chi connectivity index (χ0) is 21.1. The van der Waals surface area contributed by atoms with Crippen molar-refractivity contribution >= 4 is 11.2 Å². The topological polar surface area (TPSA) is 43.6 Å². The van der Waals surface area contributed by atoms with Crippen LogP contribution in [0.15, 0.2) is 12.1 Å². The van der Waals surface area contributed by atoms with Gasteiger partial charge in [-0.2, -0.15) is 9.37 Å². The van der Waals surface area contributed by atoms with Crippen LogP contribution in [0.5, 0.6) is 0 Å². The van der Waals surface area contributed by atoms with E-state index in [0.29, 0.717) is 11.3 Å². The Morgan fingerprint density at radius 2 is 1.67 bits per heavy atom. The highest BCUT2D eigenvalue weighted by atomic mass is 19.1. The number of halogens is 1. The number of unbranched alkanes of at least 4 members (excludes halogenated alkanes) is 5. The maximum absolute atomic E-state index is 14.0. The average Bonchev–Trinajstić information content (AvgIpc) is 3.29. The molecule has 0 aliphatic heterocycles. The number of fused-ring (bicyclic) bond motifs is 2. The first-order valence-corrected chi connectivity index (χ1v) is 11.6. The molecular formula is C25H33FN4. The van der Waals surface area contributed by atoms with Crippen molar-refractivity contribution in [2.24, 2.45) is 0 Å². The van der Waals surface area contributed by atoms with Crippen LogP contribution in [0.4, 0.5) is 4.39 Å². The van der Waals surface area contributed by atoms with E-state index in [2.05, 4.69) is 40.5 Å². The van der Waals surface area contributed by atoms with Gasteiger partial charge < -0.3 is 4.57 Å². The zero-order valence-corrected chi connectivity index (χ0v) is 18.6. The van der Waals surface area contributed by atoms with Gasteiger partial charge in [0.2, 0.25) is 0 Å². The maximum Gasteiger partial charge on any atom is 0.310 e. The van der Waals surface area contributed by atoms with Gasteiger partial charge in [0.1, 0.15) is 11.3 Å². The van der Waals surface area contributed by atoms with Crippen LogP contribution < -0.4 is 0 Å². The van der Waals surface area contributed by atoms with Crippen LogP contribution in [-0.2, 0) is 25.8 Å². The summed E-state index contributed by atoms with van der Waals surface area (Å²) < 4.78 is 16.1. The molecule has 4 nitrogen and oxygen atoms in total. The summed E-state index contributed by atoms with van der Waals surface area (Å²) in [5.41, 5.74) is 7.62. The molecule has 0 unspecified atom stereocenters. The van der Waals surface area contributed by atoms with E-state index in [0.717, 1.165) is 30.7 Å². The standard InChI is InChI=1S/C25H33FN4/c1-4-5-6-7-8-9-13-30-22(28-23-18(3)27-25(26)29-24(23)30)16-21-15-20-12-10-11-19(20)14-17(21)2/h14-15H,4-13,16H2,1-3H3. The first kappa shape index (κ1) is 21.0. The minimum Gasteiger partial charge on any atom is -0.312 e. The van der Waals surface area contributed by atoms with Gasteiger partial charge in [-0.25, -0.2) is 9.97 Å². The molecule has 1 aliphatic carbocycles. The lowest BCUT2D eigenvalue weighted by atomic mass is 9.98. The Hall–Kier alpha value is -2.30. The van der Waals surface area contributed by atoms with E-state index in [-0.39, 0.29) is 0 Å². The van der Waals surface area contributed by atoms with Crippen LogP contribution in [0.2, 0.25) is 0 Å². The number of nitrogens with zero attached hydrogens (tertiary/aromatic N) is 4. The summed E-state index contributed by atoms with van der Waals surface area (Å²) in [4.78, 5) is 12.9. The van der Waals surface area contributed by atoms with Gasteiger partial charge in [0.25, 0.3) is 0 Å². The number of imidazole rings is 1. The normalized spacial score (nSPS) is 13.3. The highest BCUT2D eigenvalue weighted by Crippen LogP contribution is 2.28. The lowest BCUT2D eigenvalue weighted by Crippen LogP contribution is -2.07. The Morgan fingerprint density at radius 3 is 2.47 bits per heavy atom. The number of hydrogen-bond donors (Lipinski definition) is 0. The monoisotopic (exact) mass is 408 g/mol. The molecule has 0 fully saturated rings. The van der Waals surface area contributed by atoms with E-state index in [4.69, 9.17) is 4.98 Å². The lowest BCUT2D eigenvalue weighted by Gasteiger charge is -2.12. The van der Waals surface area contributed by atoms with Gasteiger partial charge in [-0.15, -0.1) is 0 Å². The molecule has 0 amide bonds. The maximum atomic E-state index is 14.0. The Balaban J connectivity index is 1.62. The van der Waals surface area contributed by atoms with Crippen molar-refractivity contribution in [1.29, 1.82) is 0 Å². The molecule has 0 atom stereocenters. The summed E-state index contributed by atoms with van der Waals surface area (Å²) >= 11 is 0. The van der Waals surface area contributed by atoms with Gasteiger partial charge in [-0.3, -0.25) is 0 Å². The number of benzene rings is 1. The molecule has 4 rings (SSSR count). The van der Waals surface area contributed by atoms with E-state index in [9.17, 15) is 4.39 Å². The average molecular weight is 409 g/mol. The summed E-state index contributed by atoms with van der Waals surface area (Å²) in [5, 5.41) is 0. The second kappa shape index (κ2) is 9.23. The molecule has 160 valence electrons. The van der Waals surface area contributed by atoms with Crippen molar-refractivity contribution in [3.8, 4) is 0 Å². The van der Waals surface area contributed by atoms with Gasteiger partial charge in [-0.05, 0) is 61.8 Å². The zero-order valence-electron chi connectivity index (χ0n) is 18.6. The van der Waals surface area contributed by atoms with Gasteiger partial charge in [0.15, 0.2) is 5.65 Å². The first-order chi connectivity index (χ1) is 14.6. The second-order valence-electron chi connectivity index (χ2n) is 8.78. The predicted octanol–water partition coefficient (Wildman–Crippen LogP) is 6.02. The quantitative estimate of drug-likeness (QED) is 0.321. The van der Waals surface area contributed by atoms with Crippen LogP contribution in [0.1, 0.15) is 85.6 Å². The Morgan fingerprint density at radius 1 is 0.933 bits per heavy atom. The minimum atomic E-state index is -0.663. The van der Waals surface area contributed by atoms with E-state index in [1.54, 1.807) is 0 Å². The molecule has 0 spiro atoms. The highest BCUT2D eigenvalue weighted by Gasteiger charge is 2.19. The van der Waals surface area contributed by atoms with Crippen molar-refractivity contribution in [2.45, 2.75) is 91.5 Å². The number of rotatable bonds is 9. The smallest absolute Gasteiger partial charge is 0.310 e. The van der Waals surface area contributed by atoms with Crippen molar-refractivity contribution in [1.82, 2.24) is 19.5 Å². The van der Waals surface area contributed by atoms with Gasteiger partial charge in [0, 0.05) is 13.0 Å². The van der Waals surface area contributed by atoms with Crippen LogP contribution in [-0.4, -0.2) is 19.5 Å². The molecule has 2 heterocycles. The Kier molecular flexibility index (Phi) is 6.45. The fourth-order valence-corrected chi connectivity index (χ4v) is 4.73. The molecule has 30 heavy (non-hydrogen) atoms. The molecule has 1 aromatic carbocycles. The first-order valence-electron chi connectivity index (χ1n) is 11.6. The third-order valence-corrected chi connectivity index (χ3v) is 6.45. The molecule has 0 bridgehead atoms. The van der Waals surface area contributed by atoms with Gasteiger partial charge in [0.05, 0.1) is 5.69 Å². The molecule has 0 N–H and O–H groups in total. The van der Waals surface area contributed by atoms with Crippen LogP contribution >= 0.6 is 0 Å². The molecule has 0 radical (unpaired) electrons. The van der Waals surface area contributed by atoms with Gasteiger partial charge >= 0.3 is 6.08 Å². The third-order valence-electron chi connectivity index (χ3n) is 6.45. The number of hydrogen-bond acceptors (Lipinski definition) is 3. The summed E-state index contributed by atoms with van der Waals surface area (Å²) in [6, 6.07) is 4.72. The number of aryl methyl sites for hydroxylation is 5. The highest BCUT2D eigenvalue weighted by molar-refractivity contribution is 5.73. The molecule has 3 aromatic rings. The molecule has 1 aliphatic rings. The Bertz CT molecular complexity index is 1040. The largest absolute Gasteiger partial charge is 0.312 e. The van der Waals surface area contributed by atoms with Gasteiger partial charge in [-0.1, -0.05) is 51.2 Å². The Labute approximate surface area is 179 Å². The fourth-order valence-electron chi connectivity index (χ4n) is 4.73. The fraction of sp³-hybridized carbons (Fsp3) is 0.560. The molecule has 0 saturated carbocycles. The van der Waals surface area contributed by atoms with Crippen molar-refractivity contribution in [3.63, 3.8) is 0 Å². The van der Waals surface area contributed by atoms with Crippen LogP contribution in [0.25, 0.3) is 11.2 Å². The summed E-state index contributed by atoms with van der Waals surface area (Å²) in [7, 11) is 0. The lowest BCUT2D eigenvalue weighted by molar-refractivity contribution is 0.529. The molecule has 2 aromatic heterocycles. The van der Waals surface area contributed by atoms with Crippen LogP contribution in [0, 0.1) is 19.9 Å². The number of aromatic nitrogens is 4. The van der Waals surface area contributed by atoms with Crippen molar-refractivity contribution in [2.75, 3.05) is 0 Å². The molecule has 0 saturated heterocycles. The summed E-state index contributed by atoms with van der Waals surface area (Å²) in [6.45, 7) is 7.08. The molecule has 5 heteroatoms. The second-order valence-corrected chi connectivity index (χ2v) is 8.78. The summed E-state index contributed by atoms with van der Waals surface area (Å²) in [5.74, 6) is 0.975.